The number of hydrogen-bond donors (Lipinski definition) is 0. The highest BCUT2D eigenvalue weighted by Gasteiger charge is 2.10. The summed E-state index contributed by atoms with van der Waals surface area (Å²) in [5.74, 6) is 0.409. The van der Waals surface area contributed by atoms with Gasteiger partial charge >= 0.3 is 0 Å². The number of rotatable bonds is 5. The maximum Gasteiger partial charge on any atom is 0.149 e. The molecule has 0 saturated carbocycles. The summed E-state index contributed by atoms with van der Waals surface area (Å²) < 4.78 is 1.08. The van der Waals surface area contributed by atoms with Crippen molar-refractivity contribution in [3.63, 3.8) is 0 Å². The molecule has 0 N–H and O–H groups in total. The van der Waals surface area contributed by atoms with Gasteiger partial charge < -0.3 is 0 Å². The molecule has 2 nitrogen and oxygen atoms in total. The van der Waals surface area contributed by atoms with Crippen LogP contribution in [0.4, 0.5) is 0 Å². The molecule has 0 saturated heterocycles. The van der Waals surface area contributed by atoms with E-state index in [0.717, 1.165) is 11.0 Å². The van der Waals surface area contributed by atoms with Crippen molar-refractivity contribution in [3.8, 4) is 0 Å². The molecule has 0 spiro atoms. The number of carbonyl (C=O) groups excluding carboxylic acids is 1. The third-order valence-electron chi connectivity index (χ3n) is 2.44. The molecule has 0 aliphatic heterocycles. The summed E-state index contributed by atoms with van der Waals surface area (Å²) in [4.78, 5) is 13.6. The van der Waals surface area contributed by atoms with E-state index in [1.54, 1.807) is 0 Å². The number of ketones is 1. The second-order valence-corrected chi connectivity index (χ2v) is 5.34. The van der Waals surface area contributed by atoms with E-state index in [-0.39, 0.29) is 5.92 Å². The van der Waals surface area contributed by atoms with Gasteiger partial charge in [0.2, 0.25) is 0 Å². The molecule has 0 radical (unpaired) electrons. The van der Waals surface area contributed by atoms with Gasteiger partial charge in [-0.25, -0.2) is 0 Å². The van der Waals surface area contributed by atoms with Crippen LogP contribution in [-0.2, 0) is 11.3 Å². The second-order valence-electron chi connectivity index (χ2n) is 4.42. The molecule has 1 aromatic rings. The first-order valence-electron chi connectivity index (χ1n) is 5.44. The minimum absolute atomic E-state index is 0.118. The topological polar surface area (TPSA) is 20.3 Å². The number of hydrogen-bond acceptors (Lipinski definition) is 2. The zero-order chi connectivity index (χ0) is 12.1. The smallest absolute Gasteiger partial charge is 0.149 e. The van der Waals surface area contributed by atoms with Gasteiger partial charge in [0.05, 0.1) is 6.54 Å². The van der Waals surface area contributed by atoms with Crippen molar-refractivity contribution in [1.29, 1.82) is 0 Å². The van der Waals surface area contributed by atoms with Crippen LogP contribution in [0.5, 0.6) is 0 Å². The highest BCUT2D eigenvalue weighted by molar-refractivity contribution is 9.10. The van der Waals surface area contributed by atoms with E-state index >= 15 is 0 Å². The lowest BCUT2D eigenvalue weighted by molar-refractivity contribution is -0.122. The van der Waals surface area contributed by atoms with Crippen LogP contribution in [0.25, 0.3) is 0 Å². The summed E-state index contributed by atoms with van der Waals surface area (Å²) in [7, 11) is 1.97. The molecule has 88 valence electrons. The molecule has 3 heteroatoms. The fourth-order valence-electron chi connectivity index (χ4n) is 1.41. The molecular formula is C13H18BrNO. The Labute approximate surface area is 106 Å². The molecule has 0 aromatic heterocycles. The Balaban J connectivity index is 2.48. The molecule has 0 bridgehead atoms. The van der Waals surface area contributed by atoms with Crippen molar-refractivity contribution in [2.24, 2.45) is 5.92 Å². The van der Waals surface area contributed by atoms with Crippen molar-refractivity contribution >= 4 is 21.7 Å². The second kappa shape index (κ2) is 6.16. The van der Waals surface area contributed by atoms with E-state index in [2.05, 4.69) is 28.1 Å². The van der Waals surface area contributed by atoms with Crippen molar-refractivity contribution in [2.75, 3.05) is 13.6 Å². The Bertz CT molecular complexity index is 345. The number of carbonyl (C=O) groups is 1. The molecule has 0 aliphatic rings. The van der Waals surface area contributed by atoms with E-state index in [4.69, 9.17) is 0 Å². The van der Waals surface area contributed by atoms with Gasteiger partial charge in [-0.1, -0.05) is 41.9 Å². The summed E-state index contributed by atoms with van der Waals surface area (Å²) in [5, 5.41) is 0. The zero-order valence-corrected chi connectivity index (χ0v) is 11.6. The van der Waals surface area contributed by atoms with Crippen LogP contribution < -0.4 is 0 Å². The summed E-state index contributed by atoms with van der Waals surface area (Å²) in [5.41, 5.74) is 1.22. The molecule has 16 heavy (non-hydrogen) atoms. The molecule has 0 aliphatic carbocycles. The van der Waals surface area contributed by atoms with E-state index in [9.17, 15) is 4.79 Å². The van der Waals surface area contributed by atoms with Crippen LogP contribution in [0.1, 0.15) is 19.4 Å². The highest BCUT2D eigenvalue weighted by atomic mass is 79.9. The maximum atomic E-state index is 11.5. The van der Waals surface area contributed by atoms with Gasteiger partial charge in [-0.3, -0.25) is 9.69 Å². The van der Waals surface area contributed by atoms with Gasteiger partial charge in [-0.05, 0) is 24.7 Å². The normalized spacial score (nSPS) is 11.1. The van der Waals surface area contributed by atoms with Crippen LogP contribution in [-0.4, -0.2) is 24.3 Å². The summed E-state index contributed by atoms with van der Waals surface area (Å²) in [6, 6.07) is 8.18. The predicted octanol–water partition coefficient (Wildman–Crippen LogP) is 3.11. The molecular weight excluding hydrogens is 266 g/mol. The Morgan fingerprint density at radius 2 is 1.88 bits per heavy atom. The number of benzene rings is 1. The molecule has 0 unspecified atom stereocenters. The average molecular weight is 284 g/mol. The largest absolute Gasteiger partial charge is 0.298 e. The fourth-order valence-corrected chi connectivity index (χ4v) is 1.67. The standard InChI is InChI=1S/C13H18BrNO/c1-10(2)13(16)9-15(3)8-11-4-6-12(14)7-5-11/h4-7,10H,8-9H2,1-3H3. The molecule has 1 rings (SSSR count). The van der Waals surface area contributed by atoms with E-state index < -0.39 is 0 Å². The lowest BCUT2D eigenvalue weighted by Crippen LogP contribution is -2.28. The van der Waals surface area contributed by atoms with Crippen LogP contribution in [0.3, 0.4) is 0 Å². The van der Waals surface area contributed by atoms with Gasteiger partial charge in [-0.15, -0.1) is 0 Å². The van der Waals surface area contributed by atoms with Gasteiger partial charge in [-0.2, -0.15) is 0 Å². The zero-order valence-electron chi connectivity index (χ0n) is 10.0. The maximum absolute atomic E-state index is 11.5. The third kappa shape index (κ3) is 4.45. The predicted molar refractivity (Wildman–Crippen MR) is 70.3 cm³/mol. The Hall–Kier alpha value is -0.670. The molecule has 0 atom stereocenters. The van der Waals surface area contributed by atoms with Crippen molar-refractivity contribution in [2.45, 2.75) is 20.4 Å². The SMILES string of the molecule is CC(C)C(=O)CN(C)Cc1ccc(Br)cc1. The third-order valence-corrected chi connectivity index (χ3v) is 2.96. The van der Waals surface area contributed by atoms with Gasteiger partial charge in [0, 0.05) is 16.9 Å². The van der Waals surface area contributed by atoms with Gasteiger partial charge in [0.25, 0.3) is 0 Å². The van der Waals surface area contributed by atoms with Crippen molar-refractivity contribution < 1.29 is 4.79 Å². The Morgan fingerprint density at radius 1 is 1.31 bits per heavy atom. The van der Waals surface area contributed by atoms with Crippen LogP contribution in [0, 0.1) is 5.92 Å². The lowest BCUT2D eigenvalue weighted by Gasteiger charge is -2.17. The number of nitrogens with zero attached hydrogens (tertiary/aromatic N) is 1. The minimum Gasteiger partial charge on any atom is -0.298 e. The van der Waals surface area contributed by atoms with Crippen molar-refractivity contribution in [1.82, 2.24) is 4.90 Å². The summed E-state index contributed by atoms with van der Waals surface area (Å²) >= 11 is 3.40. The van der Waals surface area contributed by atoms with Crippen molar-refractivity contribution in [3.05, 3.63) is 34.3 Å². The van der Waals surface area contributed by atoms with Crippen LogP contribution in [0.15, 0.2) is 28.7 Å². The fraction of sp³-hybridized carbons (Fsp3) is 0.462. The van der Waals surface area contributed by atoms with E-state index in [0.29, 0.717) is 12.3 Å². The first-order chi connectivity index (χ1) is 7.49. The molecule has 0 amide bonds. The van der Waals surface area contributed by atoms with E-state index in [1.807, 2.05) is 37.9 Å². The average Bonchev–Trinajstić information content (AvgIpc) is 2.21. The first kappa shape index (κ1) is 13.4. The summed E-state index contributed by atoms with van der Waals surface area (Å²) in [6.07, 6.45) is 0. The lowest BCUT2D eigenvalue weighted by atomic mass is 10.1. The Morgan fingerprint density at radius 3 is 2.38 bits per heavy atom. The van der Waals surface area contributed by atoms with Gasteiger partial charge in [0.15, 0.2) is 0 Å². The summed E-state index contributed by atoms with van der Waals surface area (Å²) in [6.45, 7) is 5.21. The first-order valence-corrected chi connectivity index (χ1v) is 6.24. The number of likely N-dealkylation sites (N-methyl/N-ethyl adjacent to an activating group) is 1. The Kier molecular flexibility index (Phi) is 5.16. The van der Waals surface area contributed by atoms with Gasteiger partial charge in [0.1, 0.15) is 5.78 Å². The molecule has 0 fully saturated rings. The quantitative estimate of drug-likeness (QED) is 0.828. The monoisotopic (exact) mass is 283 g/mol. The minimum atomic E-state index is 0.118. The number of halogens is 1. The van der Waals surface area contributed by atoms with Crippen LogP contribution in [0.2, 0.25) is 0 Å². The highest BCUT2D eigenvalue weighted by Crippen LogP contribution is 2.11. The molecule has 1 aromatic carbocycles. The molecule has 0 heterocycles. The van der Waals surface area contributed by atoms with E-state index in [1.165, 1.54) is 5.56 Å². The van der Waals surface area contributed by atoms with Crippen LogP contribution >= 0.6 is 15.9 Å². The number of Topliss-reactive ketones (excluding diaryl/α,β-unsaturated/α-hetero) is 1.